The van der Waals surface area contributed by atoms with Gasteiger partial charge in [0, 0.05) is 11.3 Å². The van der Waals surface area contributed by atoms with E-state index in [1.807, 2.05) is 80.6 Å². The number of aromatic amines is 1. The highest BCUT2D eigenvalue weighted by molar-refractivity contribution is 5.92. The van der Waals surface area contributed by atoms with Gasteiger partial charge in [0.2, 0.25) is 0 Å². The molecule has 0 atom stereocenters. The summed E-state index contributed by atoms with van der Waals surface area (Å²) < 4.78 is 5.58. The predicted octanol–water partition coefficient (Wildman–Crippen LogP) is 4.86. The number of carbonyl (C=O) groups excluding carboxylic acids is 1. The Kier molecular flexibility index (Phi) is 4.81. The minimum atomic E-state index is -0.199. The van der Waals surface area contributed by atoms with Crippen LogP contribution in [0.25, 0.3) is 22.4 Å². The van der Waals surface area contributed by atoms with E-state index in [1.165, 1.54) is 5.56 Å². The van der Waals surface area contributed by atoms with E-state index in [0.29, 0.717) is 11.4 Å². The van der Waals surface area contributed by atoms with E-state index in [-0.39, 0.29) is 12.5 Å². The number of fused-ring (bicyclic) bond motifs is 1. The number of imidazole rings is 1. The summed E-state index contributed by atoms with van der Waals surface area (Å²) in [6.07, 6.45) is 0. The minimum Gasteiger partial charge on any atom is -0.484 e. The first-order valence-corrected chi connectivity index (χ1v) is 9.13. The fourth-order valence-electron chi connectivity index (χ4n) is 2.95. The lowest BCUT2D eigenvalue weighted by Gasteiger charge is -2.09. The summed E-state index contributed by atoms with van der Waals surface area (Å²) in [4.78, 5) is 20.0. The number of para-hydroxylation sites is 2. The van der Waals surface area contributed by atoms with Crippen LogP contribution in [-0.4, -0.2) is 22.5 Å². The molecule has 0 aliphatic heterocycles. The Hall–Kier alpha value is -3.60. The highest BCUT2D eigenvalue weighted by atomic mass is 16.5. The SMILES string of the molecule is Cc1ccc(OCC(=O)Nc2ccc(-c3nc4ccccc4[nH]3)cc2)cc1C. The lowest BCUT2D eigenvalue weighted by atomic mass is 10.1. The third-order valence-electron chi connectivity index (χ3n) is 4.68. The van der Waals surface area contributed by atoms with E-state index in [0.717, 1.165) is 28.0 Å². The van der Waals surface area contributed by atoms with Crippen LogP contribution in [0.4, 0.5) is 5.69 Å². The quantitative estimate of drug-likeness (QED) is 0.526. The number of carbonyl (C=O) groups is 1. The molecule has 1 amide bonds. The molecule has 0 unspecified atom stereocenters. The van der Waals surface area contributed by atoms with Gasteiger partial charge in [-0.2, -0.15) is 0 Å². The summed E-state index contributed by atoms with van der Waals surface area (Å²) in [5, 5.41) is 2.85. The van der Waals surface area contributed by atoms with E-state index < -0.39 is 0 Å². The van der Waals surface area contributed by atoms with Crippen molar-refractivity contribution in [3.63, 3.8) is 0 Å². The predicted molar refractivity (Wildman–Crippen MR) is 112 cm³/mol. The largest absolute Gasteiger partial charge is 0.484 e. The van der Waals surface area contributed by atoms with Crippen LogP contribution < -0.4 is 10.1 Å². The maximum absolute atomic E-state index is 12.2. The number of anilines is 1. The molecule has 0 fully saturated rings. The maximum atomic E-state index is 12.2. The second-order valence-corrected chi connectivity index (χ2v) is 6.76. The molecule has 5 heteroatoms. The second kappa shape index (κ2) is 7.56. The molecule has 0 aliphatic carbocycles. The van der Waals surface area contributed by atoms with Gasteiger partial charge in [0.05, 0.1) is 11.0 Å². The number of amides is 1. The number of hydrogen-bond donors (Lipinski definition) is 2. The van der Waals surface area contributed by atoms with E-state index in [4.69, 9.17) is 4.74 Å². The lowest BCUT2D eigenvalue weighted by molar-refractivity contribution is -0.118. The van der Waals surface area contributed by atoms with Crippen molar-refractivity contribution >= 4 is 22.6 Å². The number of aromatic nitrogens is 2. The smallest absolute Gasteiger partial charge is 0.262 e. The Bertz CT molecular complexity index is 1100. The van der Waals surface area contributed by atoms with Crippen LogP contribution in [0.1, 0.15) is 11.1 Å². The van der Waals surface area contributed by atoms with Gasteiger partial charge in [-0.1, -0.05) is 18.2 Å². The first-order chi connectivity index (χ1) is 13.6. The Labute approximate surface area is 163 Å². The standard InChI is InChI=1S/C23H21N3O2/c1-15-7-12-19(13-16(15)2)28-14-22(27)24-18-10-8-17(9-11-18)23-25-20-5-3-4-6-21(20)26-23/h3-13H,14H2,1-2H3,(H,24,27)(H,25,26). The molecule has 3 aromatic carbocycles. The molecule has 0 radical (unpaired) electrons. The van der Waals surface area contributed by atoms with Crippen molar-refractivity contribution in [3.05, 3.63) is 77.9 Å². The summed E-state index contributed by atoms with van der Waals surface area (Å²) in [5.74, 6) is 1.30. The van der Waals surface area contributed by atoms with E-state index >= 15 is 0 Å². The molecular weight excluding hydrogens is 350 g/mol. The second-order valence-electron chi connectivity index (χ2n) is 6.76. The summed E-state index contributed by atoms with van der Waals surface area (Å²) >= 11 is 0. The summed E-state index contributed by atoms with van der Waals surface area (Å²) in [6.45, 7) is 4.03. The molecule has 0 spiro atoms. The van der Waals surface area contributed by atoms with Crippen molar-refractivity contribution in [3.8, 4) is 17.1 Å². The maximum Gasteiger partial charge on any atom is 0.262 e. The van der Waals surface area contributed by atoms with Crippen molar-refractivity contribution < 1.29 is 9.53 Å². The number of H-pyrrole nitrogens is 1. The highest BCUT2D eigenvalue weighted by Crippen LogP contribution is 2.22. The van der Waals surface area contributed by atoms with Gasteiger partial charge in [-0.15, -0.1) is 0 Å². The molecule has 0 saturated carbocycles. The van der Waals surface area contributed by atoms with E-state index in [1.54, 1.807) is 0 Å². The third kappa shape index (κ3) is 3.88. The van der Waals surface area contributed by atoms with Gasteiger partial charge in [-0.05, 0) is 73.5 Å². The third-order valence-corrected chi connectivity index (χ3v) is 4.68. The molecule has 28 heavy (non-hydrogen) atoms. The number of nitrogens with zero attached hydrogens (tertiary/aromatic N) is 1. The van der Waals surface area contributed by atoms with E-state index in [9.17, 15) is 4.79 Å². The van der Waals surface area contributed by atoms with Gasteiger partial charge in [0.25, 0.3) is 5.91 Å². The zero-order chi connectivity index (χ0) is 19.5. The molecule has 2 N–H and O–H groups in total. The number of aryl methyl sites for hydroxylation is 2. The molecule has 4 rings (SSSR count). The number of benzene rings is 3. The minimum absolute atomic E-state index is 0.0339. The fourth-order valence-corrected chi connectivity index (χ4v) is 2.95. The van der Waals surface area contributed by atoms with Crippen molar-refractivity contribution in [1.82, 2.24) is 9.97 Å². The van der Waals surface area contributed by atoms with Crippen molar-refractivity contribution in [2.24, 2.45) is 0 Å². The zero-order valence-electron chi connectivity index (χ0n) is 15.8. The summed E-state index contributed by atoms with van der Waals surface area (Å²) in [5.41, 5.74) is 5.94. The first kappa shape index (κ1) is 17.8. The van der Waals surface area contributed by atoms with Gasteiger partial charge in [-0.3, -0.25) is 4.79 Å². The lowest BCUT2D eigenvalue weighted by Crippen LogP contribution is -2.20. The van der Waals surface area contributed by atoms with Gasteiger partial charge >= 0.3 is 0 Å². The van der Waals surface area contributed by atoms with Crippen LogP contribution in [0.15, 0.2) is 66.7 Å². The number of hydrogen-bond acceptors (Lipinski definition) is 3. The molecule has 1 heterocycles. The number of nitrogens with one attached hydrogen (secondary N) is 2. The van der Waals surface area contributed by atoms with Gasteiger partial charge in [-0.25, -0.2) is 4.98 Å². The Morgan fingerprint density at radius 3 is 2.54 bits per heavy atom. The van der Waals surface area contributed by atoms with Crippen LogP contribution >= 0.6 is 0 Å². The molecule has 0 saturated heterocycles. The molecule has 0 bridgehead atoms. The van der Waals surface area contributed by atoms with Crippen molar-refractivity contribution in [2.75, 3.05) is 11.9 Å². The van der Waals surface area contributed by atoms with Gasteiger partial charge in [0.15, 0.2) is 6.61 Å². The van der Waals surface area contributed by atoms with Crippen LogP contribution in [0.2, 0.25) is 0 Å². The fraction of sp³-hybridized carbons (Fsp3) is 0.130. The topological polar surface area (TPSA) is 67.0 Å². The van der Waals surface area contributed by atoms with Gasteiger partial charge in [0.1, 0.15) is 11.6 Å². The zero-order valence-corrected chi connectivity index (χ0v) is 15.8. The van der Waals surface area contributed by atoms with Crippen LogP contribution in [0.3, 0.4) is 0 Å². The Morgan fingerprint density at radius 1 is 1.00 bits per heavy atom. The summed E-state index contributed by atoms with van der Waals surface area (Å²) in [6, 6.07) is 21.3. The highest BCUT2D eigenvalue weighted by Gasteiger charge is 2.07. The average Bonchev–Trinajstić information content (AvgIpc) is 3.14. The monoisotopic (exact) mass is 371 g/mol. The Morgan fingerprint density at radius 2 is 1.79 bits per heavy atom. The van der Waals surface area contributed by atoms with Crippen LogP contribution in [-0.2, 0) is 4.79 Å². The van der Waals surface area contributed by atoms with Gasteiger partial charge < -0.3 is 15.0 Å². The number of rotatable bonds is 5. The molecule has 140 valence electrons. The normalized spacial score (nSPS) is 10.8. The van der Waals surface area contributed by atoms with Crippen LogP contribution in [0.5, 0.6) is 5.75 Å². The number of ether oxygens (including phenoxy) is 1. The van der Waals surface area contributed by atoms with Crippen LogP contribution in [0, 0.1) is 13.8 Å². The molecule has 5 nitrogen and oxygen atoms in total. The van der Waals surface area contributed by atoms with E-state index in [2.05, 4.69) is 15.3 Å². The molecule has 0 aliphatic rings. The Balaban J connectivity index is 1.38. The van der Waals surface area contributed by atoms with Crippen molar-refractivity contribution in [1.29, 1.82) is 0 Å². The van der Waals surface area contributed by atoms with Crippen molar-refractivity contribution in [2.45, 2.75) is 13.8 Å². The molecule has 4 aromatic rings. The summed E-state index contributed by atoms with van der Waals surface area (Å²) in [7, 11) is 0. The molecule has 1 aromatic heterocycles. The first-order valence-electron chi connectivity index (χ1n) is 9.13. The molecular formula is C23H21N3O2. The average molecular weight is 371 g/mol.